The first-order chi connectivity index (χ1) is 24.7. The van der Waals surface area contributed by atoms with Gasteiger partial charge in [0.05, 0.1) is 30.5 Å². The predicted octanol–water partition coefficient (Wildman–Crippen LogP) is 8.25. The fourth-order valence-electron chi connectivity index (χ4n) is 6.37. The van der Waals surface area contributed by atoms with Gasteiger partial charge in [0.15, 0.2) is 6.79 Å². The first-order valence-corrected chi connectivity index (χ1v) is 20.0. The fourth-order valence-corrected chi connectivity index (χ4v) is 11.3. The van der Waals surface area contributed by atoms with Crippen molar-refractivity contribution in [2.24, 2.45) is 0 Å². The van der Waals surface area contributed by atoms with E-state index in [1.165, 1.54) is 10.4 Å². The summed E-state index contributed by atoms with van der Waals surface area (Å²) in [6, 6.07) is 38.9. The number of methoxy groups -OCH3 is 2. The van der Waals surface area contributed by atoms with Gasteiger partial charge in [-0.2, -0.15) is 0 Å². The van der Waals surface area contributed by atoms with Gasteiger partial charge in [-0.05, 0) is 67.8 Å². The predicted molar refractivity (Wildman–Crippen MR) is 213 cm³/mol. The number of hydrogen-bond acceptors (Lipinski definition) is 7. The molecule has 0 bridgehead atoms. The van der Waals surface area contributed by atoms with Crippen LogP contribution in [0.5, 0.6) is 23.0 Å². The molecule has 51 heavy (non-hydrogen) atoms. The Labute approximate surface area is 316 Å². The minimum atomic E-state index is -2.87. The lowest BCUT2D eigenvalue weighted by Crippen LogP contribution is -2.66. The molecule has 268 valence electrons. The van der Waals surface area contributed by atoms with E-state index in [0.717, 1.165) is 22.3 Å². The highest BCUT2D eigenvalue weighted by atomic mass is 127. The highest BCUT2D eigenvalue weighted by molar-refractivity contribution is 14.1. The minimum absolute atomic E-state index is 0.0478. The molecule has 0 saturated carbocycles. The van der Waals surface area contributed by atoms with Gasteiger partial charge < -0.3 is 33.2 Å². The molecule has 7 nitrogen and oxygen atoms in total. The minimum Gasteiger partial charge on any atom is -0.507 e. The Morgan fingerprint density at radius 1 is 0.686 bits per heavy atom. The van der Waals surface area contributed by atoms with E-state index in [4.69, 9.17) is 28.1 Å². The summed E-state index contributed by atoms with van der Waals surface area (Å²) >= 11 is 2.10. The second kappa shape index (κ2) is 18.1. The molecule has 0 atom stereocenters. The van der Waals surface area contributed by atoms with Gasteiger partial charge in [-0.15, -0.1) is 0 Å². The first-order valence-electron chi connectivity index (χ1n) is 17.0. The maximum Gasteiger partial charge on any atom is 0.261 e. The third-order valence-corrected chi connectivity index (χ3v) is 14.6. The summed E-state index contributed by atoms with van der Waals surface area (Å²) in [5, 5.41) is 13.0. The second-order valence-corrected chi connectivity index (χ2v) is 18.7. The Morgan fingerprint density at radius 3 is 1.88 bits per heavy atom. The van der Waals surface area contributed by atoms with Gasteiger partial charge in [0, 0.05) is 30.2 Å². The Kier molecular flexibility index (Phi) is 13.6. The van der Waals surface area contributed by atoms with Crippen LogP contribution in [0.1, 0.15) is 43.0 Å². The molecular weight excluding hydrogens is 771 g/mol. The number of halogens is 1. The van der Waals surface area contributed by atoms with Gasteiger partial charge in [0.2, 0.25) is 0 Å². The van der Waals surface area contributed by atoms with Gasteiger partial charge in [0.1, 0.15) is 29.6 Å². The molecule has 0 fully saturated rings. The maximum absolute atomic E-state index is 10.8. The lowest BCUT2D eigenvalue weighted by atomic mass is 9.99. The molecule has 0 aliphatic rings. The molecule has 0 saturated heterocycles. The zero-order chi connectivity index (χ0) is 36.3. The molecule has 0 aliphatic heterocycles. The number of ether oxygens (including phenoxy) is 5. The molecule has 5 aromatic carbocycles. The molecule has 1 N–H and O–H groups in total. The van der Waals surface area contributed by atoms with E-state index < -0.39 is 8.32 Å². The van der Waals surface area contributed by atoms with Crippen molar-refractivity contribution in [3.05, 3.63) is 141 Å². The number of phenols is 1. The number of hydrogen-bond donors (Lipinski definition) is 1. The van der Waals surface area contributed by atoms with Crippen molar-refractivity contribution >= 4 is 41.3 Å². The Hall–Kier alpha value is -3.87. The van der Waals surface area contributed by atoms with Crippen LogP contribution >= 0.6 is 22.6 Å². The highest BCUT2D eigenvalue weighted by Crippen LogP contribution is 2.40. The van der Waals surface area contributed by atoms with Crippen LogP contribution in [0, 0.1) is 3.57 Å². The highest BCUT2D eigenvalue weighted by Gasteiger charge is 2.50. The van der Waals surface area contributed by atoms with Crippen molar-refractivity contribution in [3.8, 4) is 23.0 Å². The van der Waals surface area contributed by atoms with E-state index in [-0.39, 0.29) is 17.6 Å². The van der Waals surface area contributed by atoms with Crippen molar-refractivity contribution in [1.29, 1.82) is 0 Å². The lowest BCUT2D eigenvalue weighted by Gasteiger charge is -2.43. The number of aromatic hydroxyl groups is 1. The monoisotopic (exact) mass is 818 g/mol. The Morgan fingerprint density at radius 2 is 1.29 bits per heavy atom. The summed E-state index contributed by atoms with van der Waals surface area (Å²) in [5.74, 6) is 2.16. The van der Waals surface area contributed by atoms with E-state index in [1.807, 2.05) is 60.7 Å². The van der Waals surface area contributed by atoms with Crippen LogP contribution in [0.2, 0.25) is 5.04 Å². The summed E-state index contributed by atoms with van der Waals surface area (Å²) in [6.45, 7) is 8.42. The zero-order valence-electron chi connectivity index (χ0n) is 30.0. The third kappa shape index (κ3) is 9.52. The molecule has 5 rings (SSSR count). The normalized spacial score (nSPS) is 11.7. The van der Waals surface area contributed by atoms with Crippen LogP contribution in [0.15, 0.2) is 115 Å². The molecule has 0 amide bonds. The summed E-state index contributed by atoms with van der Waals surface area (Å²) in [6.07, 6.45) is 0.399. The van der Waals surface area contributed by atoms with Gasteiger partial charge in [-0.3, -0.25) is 0 Å². The van der Waals surface area contributed by atoms with Crippen LogP contribution < -0.4 is 24.6 Å². The smallest absolute Gasteiger partial charge is 0.261 e. The molecule has 0 spiro atoms. The van der Waals surface area contributed by atoms with Gasteiger partial charge in [0.25, 0.3) is 8.32 Å². The van der Waals surface area contributed by atoms with Gasteiger partial charge in [-0.25, -0.2) is 0 Å². The summed E-state index contributed by atoms with van der Waals surface area (Å²) in [7, 11) is 0.443. The van der Waals surface area contributed by atoms with Crippen molar-refractivity contribution in [3.63, 3.8) is 0 Å². The molecule has 5 aromatic rings. The van der Waals surface area contributed by atoms with Crippen LogP contribution in [-0.2, 0) is 33.5 Å². The maximum atomic E-state index is 10.8. The topological polar surface area (TPSA) is 75.6 Å². The van der Waals surface area contributed by atoms with Crippen molar-refractivity contribution < 1.29 is 33.2 Å². The molecule has 0 aromatic heterocycles. The molecular formula is C42H47IO7Si. The zero-order valence-corrected chi connectivity index (χ0v) is 33.1. The van der Waals surface area contributed by atoms with Crippen LogP contribution in [-0.4, -0.2) is 47.7 Å². The third-order valence-electron chi connectivity index (χ3n) is 8.77. The number of phenolic OH excluding ortho intramolecular Hbond substituents is 1. The molecule has 9 heteroatoms. The van der Waals surface area contributed by atoms with E-state index in [9.17, 15) is 5.11 Å². The number of rotatable bonds is 17. The van der Waals surface area contributed by atoms with E-state index in [1.54, 1.807) is 20.3 Å². The average Bonchev–Trinajstić information content (AvgIpc) is 3.13. The summed E-state index contributed by atoms with van der Waals surface area (Å²) in [5.41, 5.74) is 3.58. The largest absolute Gasteiger partial charge is 0.507 e. The number of benzene rings is 5. The Bertz CT molecular complexity index is 1790. The molecule has 0 heterocycles. The first kappa shape index (κ1) is 38.4. The summed E-state index contributed by atoms with van der Waals surface area (Å²) in [4.78, 5) is 0. The van der Waals surface area contributed by atoms with Gasteiger partial charge >= 0.3 is 0 Å². The molecule has 0 unspecified atom stereocenters. The van der Waals surface area contributed by atoms with Crippen molar-refractivity contribution in [2.75, 3.05) is 34.2 Å². The lowest BCUT2D eigenvalue weighted by molar-refractivity contribution is -0.00888. The second-order valence-electron chi connectivity index (χ2n) is 13.3. The molecule has 0 aliphatic carbocycles. The van der Waals surface area contributed by atoms with Crippen molar-refractivity contribution in [1.82, 2.24) is 0 Å². The van der Waals surface area contributed by atoms with Crippen LogP contribution in [0.25, 0.3) is 0 Å². The van der Waals surface area contributed by atoms with Gasteiger partial charge in [-0.1, -0.05) is 112 Å². The van der Waals surface area contributed by atoms with Crippen LogP contribution in [0.3, 0.4) is 0 Å². The van der Waals surface area contributed by atoms with Crippen molar-refractivity contribution in [2.45, 2.75) is 45.4 Å². The SMILES string of the molecule is COCCOCOc1cc(I)c(O)cc1Cc1cc(OCc2ccccc2)cc(CO[Si](c2ccccc2)(c2ccccc2)C(C)(C)C)c1OC. The Balaban J connectivity index is 1.57. The van der Waals surface area contributed by atoms with Crippen LogP contribution in [0.4, 0.5) is 0 Å². The average molecular weight is 819 g/mol. The van der Waals surface area contributed by atoms with E-state index in [0.29, 0.717) is 53.7 Å². The molecule has 0 radical (unpaired) electrons. The van der Waals surface area contributed by atoms with E-state index >= 15 is 0 Å². The fraction of sp³-hybridized carbons (Fsp3) is 0.286. The van der Waals surface area contributed by atoms with E-state index in [2.05, 4.69) is 91.9 Å². The quantitative estimate of drug-likeness (QED) is 0.0439. The standard InChI is InChI=1S/C42H47IO7Si/c1-42(2,3)51(36-17-11-7-12-18-36,37-19-13-8-14-20-37)50-29-34-25-35(48-28-31-15-9-6-10-16-31)24-33(41(34)46-5)23-32-26-39(44)38(43)27-40(32)49-30-47-22-21-45-4/h6-20,24-27,44H,21-23,28-30H2,1-5H3. The summed E-state index contributed by atoms with van der Waals surface area (Å²) < 4.78 is 37.4.